The molecule has 15 heavy (non-hydrogen) atoms. The molecule has 5 nitrogen and oxygen atoms in total. The van der Waals surface area contributed by atoms with E-state index in [1.165, 1.54) is 22.1 Å². The van der Waals surface area contributed by atoms with E-state index in [2.05, 4.69) is 4.74 Å². The molecule has 0 saturated carbocycles. The third-order valence-corrected chi connectivity index (χ3v) is 2.69. The number of carbonyl (C=O) groups is 2. The predicted molar refractivity (Wildman–Crippen MR) is 52.7 cm³/mol. The van der Waals surface area contributed by atoms with Crippen LogP contribution < -0.4 is 0 Å². The molecule has 0 aromatic carbocycles. The fraction of sp³-hybridized carbons (Fsp3) is 0.333. The lowest BCUT2D eigenvalue weighted by atomic mass is 10.0. The van der Waals surface area contributed by atoms with Gasteiger partial charge in [0.1, 0.15) is 6.10 Å². The molecule has 82 valence electrons. The van der Waals surface area contributed by atoms with E-state index in [-0.39, 0.29) is 11.1 Å². The van der Waals surface area contributed by atoms with E-state index in [1.54, 1.807) is 0 Å². The third-order valence-electron chi connectivity index (χ3n) is 1.91. The highest BCUT2D eigenvalue weighted by Gasteiger charge is 2.28. The van der Waals surface area contributed by atoms with Crippen molar-refractivity contribution in [2.24, 2.45) is 0 Å². The van der Waals surface area contributed by atoms with Crippen LogP contribution in [-0.4, -0.2) is 35.7 Å². The van der Waals surface area contributed by atoms with Gasteiger partial charge >= 0.3 is 5.97 Å². The van der Waals surface area contributed by atoms with Crippen molar-refractivity contribution < 1.29 is 24.5 Å². The first-order chi connectivity index (χ1) is 7.11. The molecule has 0 aliphatic heterocycles. The summed E-state index contributed by atoms with van der Waals surface area (Å²) in [5.41, 5.74) is 0.489. The first kappa shape index (κ1) is 11.8. The summed E-state index contributed by atoms with van der Waals surface area (Å²) in [5.74, 6) is -0.939. The average Bonchev–Trinajstić information content (AvgIpc) is 2.73. The third kappa shape index (κ3) is 2.41. The van der Waals surface area contributed by atoms with Gasteiger partial charge in [-0.25, -0.2) is 4.79 Å². The number of aldehydes is 1. The van der Waals surface area contributed by atoms with Gasteiger partial charge in [0.15, 0.2) is 12.4 Å². The van der Waals surface area contributed by atoms with Crippen LogP contribution in [0.25, 0.3) is 0 Å². The molecule has 0 spiro atoms. The van der Waals surface area contributed by atoms with Crippen molar-refractivity contribution in [2.45, 2.75) is 12.2 Å². The summed E-state index contributed by atoms with van der Waals surface area (Å²) in [4.78, 5) is 21.5. The number of methoxy groups -OCH3 is 1. The Bertz CT molecular complexity index is 359. The largest absolute Gasteiger partial charge is 0.467 e. The van der Waals surface area contributed by atoms with Gasteiger partial charge in [0, 0.05) is 16.5 Å². The second-order valence-corrected chi connectivity index (χ2v) is 3.56. The molecule has 6 heteroatoms. The van der Waals surface area contributed by atoms with Crippen LogP contribution in [0.2, 0.25) is 0 Å². The molecule has 2 unspecified atom stereocenters. The topological polar surface area (TPSA) is 83.8 Å². The molecule has 0 fully saturated rings. The summed E-state index contributed by atoms with van der Waals surface area (Å²) >= 11 is 1.20. The van der Waals surface area contributed by atoms with Gasteiger partial charge in [-0.15, -0.1) is 0 Å². The Balaban J connectivity index is 2.88. The van der Waals surface area contributed by atoms with Gasteiger partial charge in [-0.1, -0.05) is 0 Å². The first-order valence-corrected chi connectivity index (χ1v) is 5.01. The van der Waals surface area contributed by atoms with Crippen molar-refractivity contribution in [1.29, 1.82) is 0 Å². The highest BCUT2D eigenvalue weighted by Crippen LogP contribution is 2.24. The lowest BCUT2D eigenvalue weighted by molar-refractivity contribution is -0.156. The standard InChI is InChI=1S/C9H10O5S/c1-14-9(13)8(12)7(11)6-4-15-3-5(6)2-10/h2-4,7-8,11-12H,1H3. The van der Waals surface area contributed by atoms with Crippen molar-refractivity contribution in [3.63, 3.8) is 0 Å². The molecule has 1 aromatic heterocycles. The molecule has 0 radical (unpaired) electrons. The maximum Gasteiger partial charge on any atom is 0.337 e. The molecule has 1 heterocycles. The van der Waals surface area contributed by atoms with E-state index >= 15 is 0 Å². The van der Waals surface area contributed by atoms with E-state index in [1.807, 2.05) is 0 Å². The molecule has 0 saturated heterocycles. The molecular weight excluding hydrogens is 220 g/mol. The zero-order valence-electron chi connectivity index (χ0n) is 7.91. The van der Waals surface area contributed by atoms with Crippen LogP contribution in [0.4, 0.5) is 0 Å². The number of hydrogen-bond donors (Lipinski definition) is 2. The molecular formula is C9H10O5S. The highest BCUT2D eigenvalue weighted by atomic mass is 32.1. The summed E-state index contributed by atoms with van der Waals surface area (Å²) in [6.45, 7) is 0. The smallest absolute Gasteiger partial charge is 0.337 e. The second kappa shape index (κ2) is 5.01. The summed E-state index contributed by atoms with van der Waals surface area (Å²) in [6, 6.07) is 0. The van der Waals surface area contributed by atoms with Crippen molar-refractivity contribution >= 4 is 23.6 Å². The van der Waals surface area contributed by atoms with Gasteiger partial charge in [-0.2, -0.15) is 11.3 Å². The maximum absolute atomic E-state index is 10.9. The van der Waals surface area contributed by atoms with Crippen molar-refractivity contribution in [3.05, 3.63) is 21.9 Å². The van der Waals surface area contributed by atoms with E-state index in [4.69, 9.17) is 0 Å². The van der Waals surface area contributed by atoms with Gasteiger partial charge < -0.3 is 14.9 Å². The maximum atomic E-state index is 10.9. The lowest BCUT2D eigenvalue weighted by Crippen LogP contribution is -2.29. The second-order valence-electron chi connectivity index (χ2n) is 2.81. The molecule has 1 rings (SSSR count). The van der Waals surface area contributed by atoms with Gasteiger partial charge in [0.25, 0.3) is 0 Å². The highest BCUT2D eigenvalue weighted by molar-refractivity contribution is 7.08. The molecule has 2 N–H and O–H groups in total. The number of hydrogen-bond acceptors (Lipinski definition) is 6. The Labute approximate surface area is 89.9 Å². The monoisotopic (exact) mass is 230 g/mol. The van der Waals surface area contributed by atoms with Crippen LogP contribution in [0.15, 0.2) is 10.8 Å². The zero-order valence-corrected chi connectivity index (χ0v) is 8.73. The Morgan fingerprint density at radius 3 is 2.73 bits per heavy atom. The number of esters is 1. The first-order valence-electron chi connectivity index (χ1n) is 4.07. The van der Waals surface area contributed by atoms with E-state index in [0.717, 1.165) is 7.11 Å². The van der Waals surface area contributed by atoms with E-state index < -0.39 is 18.2 Å². The molecule has 1 aromatic rings. The lowest BCUT2D eigenvalue weighted by Gasteiger charge is -2.15. The van der Waals surface area contributed by atoms with Crippen LogP contribution in [-0.2, 0) is 9.53 Å². The van der Waals surface area contributed by atoms with Crippen molar-refractivity contribution in [2.75, 3.05) is 7.11 Å². The normalized spacial score (nSPS) is 14.3. The number of aliphatic hydroxyl groups is 2. The minimum Gasteiger partial charge on any atom is -0.467 e. The van der Waals surface area contributed by atoms with Crippen molar-refractivity contribution in [3.8, 4) is 0 Å². The number of aliphatic hydroxyl groups excluding tert-OH is 2. The van der Waals surface area contributed by atoms with Crippen LogP contribution in [0.3, 0.4) is 0 Å². The average molecular weight is 230 g/mol. The van der Waals surface area contributed by atoms with Crippen LogP contribution in [0.5, 0.6) is 0 Å². The Kier molecular flexibility index (Phi) is 3.96. The van der Waals surface area contributed by atoms with Gasteiger partial charge in [0.2, 0.25) is 0 Å². The molecule has 0 aliphatic carbocycles. The summed E-state index contributed by atoms with van der Waals surface area (Å²) in [6.07, 6.45) is -2.56. The Morgan fingerprint density at radius 2 is 2.20 bits per heavy atom. The summed E-state index contributed by atoms with van der Waals surface area (Å²) in [7, 11) is 1.10. The Hall–Kier alpha value is -1.24. The van der Waals surface area contributed by atoms with Crippen LogP contribution >= 0.6 is 11.3 Å². The van der Waals surface area contributed by atoms with E-state index in [9.17, 15) is 19.8 Å². The SMILES string of the molecule is COC(=O)C(O)C(O)c1cscc1C=O. The molecule has 0 aliphatic rings. The zero-order chi connectivity index (χ0) is 11.4. The van der Waals surface area contributed by atoms with Gasteiger partial charge in [0.05, 0.1) is 7.11 Å². The predicted octanol–water partition coefficient (Wildman–Crippen LogP) is 0.128. The minimum atomic E-state index is -1.68. The minimum absolute atomic E-state index is 0.230. The van der Waals surface area contributed by atoms with Gasteiger partial charge in [-0.3, -0.25) is 4.79 Å². The van der Waals surface area contributed by atoms with Crippen molar-refractivity contribution in [1.82, 2.24) is 0 Å². The molecule has 0 amide bonds. The van der Waals surface area contributed by atoms with E-state index in [0.29, 0.717) is 6.29 Å². The fourth-order valence-corrected chi connectivity index (χ4v) is 1.90. The molecule has 2 atom stereocenters. The quantitative estimate of drug-likeness (QED) is 0.567. The van der Waals surface area contributed by atoms with Crippen LogP contribution in [0.1, 0.15) is 22.0 Å². The number of rotatable bonds is 4. The fourth-order valence-electron chi connectivity index (χ4n) is 1.07. The number of thiophene rings is 1. The summed E-state index contributed by atoms with van der Waals surface area (Å²) < 4.78 is 4.27. The number of ether oxygens (including phenoxy) is 1. The van der Waals surface area contributed by atoms with Gasteiger partial charge in [-0.05, 0) is 5.38 Å². The molecule has 0 bridgehead atoms. The Morgan fingerprint density at radius 1 is 1.53 bits per heavy atom. The van der Waals surface area contributed by atoms with Crippen LogP contribution in [0, 0.1) is 0 Å². The summed E-state index contributed by atoms with van der Waals surface area (Å²) in [5, 5.41) is 22.0. The number of carbonyl (C=O) groups excluding carboxylic acids is 2.